The zero-order valence-corrected chi connectivity index (χ0v) is 10.2. The van der Waals surface area contributed by atoms with Crippen LogP contribution in [0.1, 0.15) is 52.9 Å². The van der Waals surface area contributed by atoms with Crippen LogP contribution in [0.15, 0.2) is 12.0 Å². The highest BCUT2D eigenvalue weighted by Crippen LogP contribution is 2.08. The van der Waals surface area contributed by atoms with E-state index in [1.54, 1.807) is 6.08 Å². The van der Waals surface area contributed by atoms with E-state index < -0.39 is 11.9 Å². The highest BCUT2D eigenvalue weighted by Gasteiger charge is 2.05. The number of carbonyl (C=O) groups is 2. The van der Waals surface area contributed by atoms with Crippen LogP contribution in [-0.4, -0.2) is 11.9 Å². The lowest BCUT2D eigenvalue weighted by atomic mass is 10.1. The normalized spacial score (nSPS) is 9.44. The maximum Gasteiger partial charge on any atom is 0.310 e. The summed E-state index contributed by atoms with van der Waals surface area (Å²) in [4.78, 5) is 21.4. The molecule has 0 aromatic carbocycles. The Hall–Kier alpha value is -1.32. The van der Waals surface area contributed by atoms with Gasteiger partial charge in [0.25, 0.3) is 5.95 Å². The van der Waals surface area contributed by atoms with Crippen LogP contribution >= 0.6 is 0 Å². The van der Waals surface area contributed by atoms with Crippen LogP contribution in [0, 0.1) is 0 Å². The molecule has 0 radical (unpaired) electrons. The first-order valence-electron chi connectivity index (χ1n) is 5.63. The van der Waals surface area contributed by atoms with Gasteiger partial charge in [-0.3, -0.25) is 9.59 Å². The number of hydrogen-bond acceptors (Lipinski definition) is 4. The van der Waals surface area contributed by atoms with Crippen molar-refractivity contribution in [3.63, 3.8) is 0 Å². The lowest BCUT2D eigenvalue weighted by molar-refractivity contribution is -0.151. The molecule has 4 nitrogen and oxygen atoms in total. The average Bonchev–Trinajstić information content (AvgIpc) is 2.15. The van der Waals surface area contributed by atoms with Crippen molar-refractivity contribution in [3.8, 4) is 0 Å². The predicted octanol–water partition coefficient (Wildman–Crippen LogP) is 2.92. The van der Waals surface area contributed by atoms with E-state index in [4.69, 9.17) is 9.47 Å². The predicted molar refractivity (Wildman–Crippen MR) is 60.4 cm³/mol. The van der Waals surface area contributed by atoms with E-state index in [0.717, 1.165) is 19.3 Å². The third kappa shape index (κ3) is 9.24. The number of ether oxygens (including phenoxy) is 2. The summed E-state index contributed by atoms with van der Waals surface area (Å²) in [5, 5.41) is 0. The van der Waals surface area contributed by atoms with Crippen LogP contribution in [0.25, 0.3) is 0 Å². The van der Waals surface area contributed by atoms with E-state index in [-0.39, 0.29) is 5.95 Å². The molecule has 0 aliphatic rings. The van der Waals surface area contributed by atoms with Crippen molar-refractivity contribution in [1.29, 1.82) is 0 Å². The number of allylic oxidation sites excluding steroid dienone is 1. The molecule has 4 heteroatoms. The Bertz CT molecular complexity index is 238. The molecule has 0 fully saturated rings. The first-order chi connectivity index (χ1) is 7.56. The summed E-state index contributed by atoms with van der Waals surface area (Å²) >= 11 is 0. The maximum atomic E-state index is 10.7. The van der Waals surface area contributed by atoms with Crippen molar-refractivity contribution in [1.82, 2.24) is 0 Å². The Morgan fingerprint density at radius 3 is 2.00 bits per heavy atom. The molecule has 0 aliphatic heterocycles. The monoisotopic (exact) mass is 228 g/mol. The molecule has 92 valence electrons. The third-order valence-corrected chi connectivity index (χ3v) is 1.86. The topological polar surface area (TPSA) is 52.6 Å². The zero-order valence-electron chi connectivity index (χ0n) is 10.2. The van der Waals surface area contributed by atoms with E-state index in [1.807, 2.05) is 0 Å². The van der Waals surface area contributed by atoms with E-state index in [1.165, 1.54) is 26.7 Å². The van der Waals surface area contributed by atoms with Gasteiger partial charge in [0.15, 0.2) is 0 Å². The summed E-state index contributed by atoms with van der Waals surface area (Å²) < 4.78 is 9.49. The molecule has 0 unspecified atom stereocenters. The van der Waals surface area contributed by atoms with Crippen molar-refractivity contribution in [2.45, 2.75) is 52.9 Å². The van der Waals surface area contributed by atoms with Crippen LogP contribution < -0.4 is 0 Å². The summed E-state index contributed by atoms with van der Waals surface area (Å²) in [6.07, 6.45) is 6.86. The molecule has 16 heavy (non-hydrogen) atoms. The number of esters is 2. The Balaban J connectivity index is 4.00. The van der Waals surface area contributed by atoms with Gasteiger partial charge in [-0.2, -0.15) is 0 Å². The summed E-state index contributed by atoms with van der Waals surface area (Å²) in [5.74, 6) is -0.974. The molecule has 0 heterocycles. The van der Waals surface area contributed by atoms with Crippen molar-refractivity contribution in [2.24, 2.45) is 0 Å². The molecule has 0 aliphatic carbocycles. The largest absolute Gasteiger partial charge is 0.393 e. The van der Waals surface area contributed by atoms with E-state index in [0.29, 0.717) is 0 Å². The van der Waals surface area contributed by atoms with Gasteiger partial charge in [-0.25, -0.2) is 0 Å². The lowest BCUT2D eigenvalue weighted by Crippen LogP contribution is -2.06. The van der Waals surface area contributed by atoms with Gasteiger partial charge in [-0.15, -0.1) is 0 Å². The average molecular weight is 228 g/mol. The molecule has 0 saturated carbocycles. The second-order valence-electron chi connectivity index (χ2n) is 3.56. The van der Waals surface area contributed by atoms with Gasteiger partial charge in [0, 0.05) is 13.8 Å². The van der Waals surface area contributed by atoms with Crippen LogP contribution in [0.3, 0.4) is 0 Å². The van der Waals surface area contributed by atoms with Crippen LogP contribution in [-0.2, 0) is 19.1 Å². The van der Waals surface area contributed by atoms with Crippen molar-refractivity contribution < 1.29 is 19.1 Å². The molecule has 0 aromatic heterocycles. The summed E-state index contributed by atoms with van der Waals surface area (Å²) in [5.41, 5.74) is 0. The van der Waals surface area contributed by atoms with E-state index in [9.17, 15) is 9.59 Å². The molecular formula is C12H20O4. The van der Waals surface area contributed by atoms with Gasteiger partial charge in [-0.05, 0) is 18.9 Å². The van der Waals surface area contributed by atoms with E-state index in [2.05, 4.69) is 6.92 Å². The smallest absolute Gasteiger partial charge is 0.310 e. The first kappa shape index (κ1) is 14.7. The van der Waals surface area contributed by atoms with Crippen LogP contribution in [0.5, 0.6) is 0 Å². The second kappa shape index (κ2) is 8.95. The first-order valence-corrected chi connectivity index (χ1v) is 5.63. The van der Waals surface area contributed by atoms with E-state index >= 15 is 0 Å². The quantitative estimate of drug-likeness (QED) is 0.382. The van der Waals surface area contributed by atoms with Gasteiger partial charge in [0.2, 0.25) is 0 Å². The Morgan fingerprint density at radius 1 is 1.00 bits per heavy atom. The standard InChI is InChI=1S/C12H20O4/c1-4-5-6-7-8-9-12(15-10(2)13)16-11(3)14/h9H,4-8H2,1-3H3. The molecule has 0 saturated heterocycles. The molecule has 0 aromatic rings. The highest BCUT2D eigenvalue weighted by atomic mass is 16.7. The second-order valence-corrected chi connectivity index (χ2v) is 3.56. The third-order valence-electron chi connectivity index (χ3n) is 1.86. The minimum absolute atomic E-state index is 0.00324. The highest BCUT2D eigenvalue weighted by molar-refractivity contribution is 5.69. The molecule has 0 atom stereocenters. The Labute approximate surface area is 96.6 Å². The maximum absolute atomic E-state index is 10.7. The molecule has 0 N–H and O–H groups in total. The van der Waals surface area contributed by atoms with Gasteiger partial charge in [0.1, 0.15) is 0 Å². The summed E-state index contributed by atoms with van der Waals surface area (Å²) in [6.45, 7) is 4.68. The molecule has 0 bridgehead atoms. The van der Waals surface area contributed by atoms with Crippen LogP contribution in [0.2, 0.25) is 0 Å². The van der Waals surface area contributed by atoms with Crippen molar-refractivity contribution in [2.75, 3.05) is 0 Å². The Kier molecular flexibility index (Phi) is 8.21. The SMILES string of the molecule is CCCCCCC=C(OC(C)=O)OC(C)=O. The van der Waals surface area contributed by atoms with Crippen molar-refractivity contribution in [3.05, 3.63) is 12.0 Å². The molecular weight excluding hydrogens is 208 g/mol. The molecule has 0 rings (SSSR count). The number of rotatable bonds is 7. The minimum atomic E-state index is -0.485. The zero-order chi connectivity index (χ0) is 12.4. The molecule has 0 spiro atoms. The van der Waals surface area contributed by atoms with Gasteiger partial charge >= 0.3 is 11.9 Å². The lowest BCUT2D eigenvalue weighted by Gasteiger charge is -2.05. The van der Waals surface area contributed by atoms with Crippen LogP contribution in [0.4, 0.5) is 0 Å². The summed E-state index contributed by atoms with van der Waals surface area (Å²) in [6, 6.07) is 0. The Morgan fingerprint density at radius 2 is 1.56 bits per heavy atom. The summed E-state index contributed by atoms with van der Waals surface area (Å²) in [7, 11) is 0. The van der Waals surface area contributed by atoms with Crippen molar-refractivity contribution >= 4 is 11.9 Å². The fraction of sp³-hybridized carbons (Fsp3) is 0.667. The fourth-order valence-electron chi connectivity index (χ4n) is 1.18. The minimum Gasteiger partial charge on any atom is -0.393 e. The van der Waals surface area contributed by atoms with Gasteiger partial charge in [0.05, 0.1) is 0 Å². The number of hydrogen-bond donors (Lipinski definition) is 0. The fourth-order valence-corrected chi connectivity index (χ4v) is 1.18. The molecule has 0 amide bonds. The number of unbranched alkanes of at least 4 members (excludes halogenated alkanes) is 4. The van der Waals surface area contributed by atoms with Gasteiger partial charge < -0.3 is 9.47 Å². The van der Waals surface area contributed by atoms with Gasteiger partial charge in [-0.1, -0.05) is 26.2 Å². The number of carbonyl (C=O) groups excluding carboxylic acids is 2.